The van der Waals surface area contributed by atoms with Crippen LogP contribution in [0.3, 0.4) is 0 Å². The first kappa shape index (κ1) is 20.3. The second-order valence-electron chi connectivity index (χ2n) is 7.91. The number of anilines is 1. The van der Waals surface area contributed by atoms with Crippen LogP contribution in [-0.4, -0.2) is 71.5 Å². The van der Waals surface area contributed by atoms with Crippen LogP contribution in [0.25, 0.3) is 0 Å². The van der Waals surface area contributed by atoms with E-state index in [2.05, 4.69) is 11.0 Å². The first-order valence-electron chi connectivity index (χ1n) is 10.1. The Bertz CT molecular complexity index is 910. The molecule has 7 heteroatoms. The second-order valence-corrected chi connectivity index (χ2v) is 7.91. The van der Waals surface area contributed by atoms with E-state index in [1.807, 2.05) is 23.1 Å². The Morgan fingerprint density at radius 3 is 2.50 bits per heavy atom. The molecular formula is C23H28N2O5. The Balaban J connectivity index is 1.48. The van der Waals surface area contributed by atoms with Crippen LogP contribution in [-0.2, 0) is 4.74 Å². The maximum absolute atomic E-state index is 13.2. The van der Waals surface area contributed by atoms with Crippen molar-refractivity contribution in [3.63, 3.8) is 0 Å². The molecule has 0 unspecified atom stereocenters. The summed E-state index contributed by atoms with van der Waals surface area (Å²) in [6, 6.07) is 13.3. The summed E-state index contributed by atoms with van der Waals surface area (Å²) in [5.41, 5.74) is 1.65. The molecule has 4 rings (SSSR count). The third-order valence-electron chi connectivity index (χ3n) is 5.83. The van der Waals surface area contributed by atoms with E-state index in [4.69, 9.17) is 18.9 Å². The van der Waals surface area contributed by atoms with Gasteiger partial charge >= 0.3 is 0 Å². The van der Waals surface area contributed by atoms with Gasteiger partial charge in [-0.25, -0.2) is 0 Å². The van der Waals surface area contributed by atoms with Gasteiger partial charge in [-0.2, -0.15) is 0 Å². The topological polar surface area (TPSA) is 60.5 Å². The predicted octanol–water partition coefficient (Wildman–Crippen LogP) is 2.69. The van der Waals surface area contributed by atoms with Crippen molar-refractivity contribution in [1.29, 1.82) is 0 Å². The molecule has 7 nitrogen and oxygen atoms in total. The molecule has 2 heterocycles. The second kappa shape index (κ2) is 8.44. The molecule has 2 saturated heterocycles. The molecule has 2 aliphatic heterocycles. The molecule has 2 aromatic carbocycles. The Morgan fingerprint density at radius 1 is 0.967 bits per heavy atom. The summed E-state index contributed by atoms with van der Waals surface area (Å²) in [5.74, 6) is 1.99. The molecule has 160 valence electrons. The molecule has 0 saturated carbocycles. The van der Waals surface area contributed by atoms with Crippen LogP contribution in [0.4, 0.5) is 5.69 Å². The highest BCUT2D eigenvalue weighted by Crippen LogP contribution is 2.38. The van der Waals surface area contributed by atoms with Crippen LogP contribution < -0.4 is 19.1 Å². The van der Waals surface area contributed by atoms with Gasteiger partial charge in [-0.3, -0.25) is 4.79 Å². The number of carbonyl (C=O) groups excluding carboxylic acids is 1. The van der Waals surface area contributed by atoms with Gasteiger partial charge in [-0.05, 0) is 30.3 Å². The standard InChI is InChI=1S/C23H28N2O5/c1-27-19-6-4-5-18(12-19)25-14-23(15-25)13-24(9-10-30-16-23)22(26)17-7-8-20(28-2)21(11-17)29-3/h4-8,11-12H,9-10,13-16H2,1-3H3. The fraction of sp³-hybridized carbons (Fsp3) is 0.435. The van der Waals surface area contributed by atoms with E-state index in [9.17, 15) is 4.79 Å². The summed E-state index contributed by atoms with van der Waals surface area (Å²) in [6.45, 7) is 4.13. The van der Waals surface area contributed by atoms with Crippen molar-refractivity contribution in [2.45, 2.75) is 0 Å². The Labute approximate surface area is 177 Å². The smallest absolute Gasteiger partial charge is 0.254 e. The van der Waals surface area contributed by atoms with E-state index >= 15 is 0 Å². The van der Waals surface area contributed by atoms with Crippen LogP contribution in [0.5, 0.6) is 17.2 Å². The van der Waals surface area contributed by atoms with Gasteiger partial charge in [0.05, 0.1) is 34.5 Å². The van der Waals surface area contributed by atoms with E-state index in [-0.39, 0.29) is 11.3 Å². The number of carbonyl (C=O) groups is 1. The molecule has 2 fully saturated rings. The van der Waals surface area contributed by atoms with E-state index in [0.29, 0.717) is 43.4 Å². The molecule has 1 amide bonds. The molecular weight excluding hydrogens is 384 g/mol. The molecule has 0 atom stereocenters. The average Bonchev–Trinajstić information content (AvgIpc) is 3.00. The maximum atomic E-state index is 13.2. The number of benzene rings is 2. The minimum absolute atomic E-state index is 0.0133. The normalized spacial score (nSPS) is 17.8. The van der Waals surface area contributed by atoms with Gasteiger partial charge in [0.25, 0.3) is 5.91 Å². The van der Waals surface area contributed by atoms with Crippen molar-refractivity contribution in [3.8, 4) is 17.2 Å². The van der Waals surface area contributed by atoms with Crippen molar-refractivity contribution in [3.05, 3.63) is 48.0 Å². The summed E-state index contributed by atoms with van der Waals surface area (Å²) in [6.07, 6.45) is 0. The quantitative estimate of drug-likeness (QED) is 0.753. The van der Waals surface area contributed by atoms with Gasteiger partial charge in [0.15, 0.2) is 11.5 Å². The lowest BCUT2D eigenvalue weighted by Gasteiger charge is -2.51. The van der Waals surface area contributed by atoms with E-state index in [1.54, 1.807) is 39.5 Å². The van der Waals surface area contributed by atoms with Gasteiger partial charge in [0.2, 0.25) is 0 Å². The number of hydrogen-bond acceptors (Lipinski definition) is 6. The summed E-state index contributed by atoms with van der Waals surface area (Å²) in [7, 11) is 4.83. The molecule has 2 aliphatic rings. The third kappa shape index (κ3) is 3.89. The maximum Gasteiger partial charge on any atom is 0.254 e. The first-order valence-corrected chi connectivity index (χ1v) is 10.1. The molecule has 30 heavy (non-hydrogen) atoms. The van der Waals surface area contributed by atoms with Crippen molar-refractivity contribution < 1.29 is 23.7 Å². The largest absolute Gasteiger partial charge is 0.497 e. The van der Waals surface area contributed by atoms with Crippen LogP contribution in [0, 0.1) is 5.41 Å². The van der Waals surface area contributed by atoms with Crippen LogP contribution in [0.15, 0.2) is 42.5 Å². The van der Waals surface area contributed by atoms with Crippen molar-refractivity contribution in [2.24, 2.45) is 5.41 Å². The first-order chi connectivity index (χ1) is 14.6. The SMILES string of the molecule is COc1cccc(N2CC3(COCCN(C(=O)c4ccc(OC)c(OC)c4)C3)C2)c1. The monoisotopic (exact) mass is 412 g/mol. The highest BCUT2D eigenvalue weighted by atomic mass is 16.5. The number of rotatable bonds is 5. The molecule has 2 aromatic rings. The number of nitrogens with zero attached hydrogens (tertiary/aromatic N) is 2. The highest BCUT2D eigenvalue weighted by Gasteiger charge is 2.46. The van der Waals surface area contributed by atoms with Gasteiger partial charge in [-0.1, -0.05) is 6.07 Å². The number of hydrogen-bond donors (Lipinski definition) is 0. The fourth-order valence-corrected chi connectivity index (χ4v) is 4.26. The molecule has 0 radical (unpaired) electrons. The van der Waals surface area contributed by atoms with Gasteiger partial charge in [-0.15, -0.1) is 0 Å². The summed E-state index contributed by atoms with van der Waals surface area (Å²) in [4.78, 5) is 17.4. The van der Waals surface area contributed by atoms with Crippen molar-refractivity contribution in [1.82, 2.24) is 4.90 Å². The molecule has 0 aliphatic carbocycles. The average molecular weight is 412 g/mol. The van der Waals surface area contributed by atoms with E-state index in [1.165, 1.54) is 0 Å². The number of amides is 1. The lowest BCUT2D eigenvalue weighted by Crippen LogP contribution is -2.63. The minimum Gasteiger partial charge on any atom is -0.497 e. The Kier molecular flexibility index (Phi) is 5.72. The van der Waals surface area contributed by atoms with Gasteiger partial charge < -0.3 is 28.7 Å². The van der Waals surface area contributed by atoms with Crippen molar-refractivity contribution >= 4 is 11.6 Å². The summed E-state index contributed by atoms with van der Waals surface area (Å²) >= 11 is 0. The molecule has 0 aromatic heterocycles. The molecule has 0 N–H and O–H groups in total. The molecule has 0 bridgehead atoms. The number of ether oxygens (including phenoxy) is 4. The summed E-state index contributed by atoms with van der Waals surface area (Å²) in [5, 5.41) is 0. The van der Waals surface area contributed by atoms with Crippen molar-refractivity contribution in [2.75, 3.05) is 65.6 Å². The third-order valence-corrected chi connectivity index (χ3v) is 5.83. The summed E-state index contributed by atoms with van der Waals surface area (Å²) < 4.78 is 21.9. The lowest BCUT2D eigenvalue weighted by atomic mass is 9.79. The van der Waals surface area contributed by atoms with Crippen LogP contribution >= 0.6 is 0 Å². The zero-order valence-electron chi connectivity index (χ0n) is 17.7. The zero-order chi connectivity index (χ0) is 21.1. The van der Waals surface area contributed by atoms with Crippen LogP contribution in [0.1, 0.15) is 10.4 Å². The molecule has 1 spiro atoms. The van der Waals surface area contributed by atoms with Crippen LogP contribution in [0.2, 0.25) is 0 Å². The Morgan fingerprint density at radius 2 is 1.77 bits per heavy atom. The van der Waals surface area contributed by atoms with E-state index in [0.717, 1.165) is 24.5 Å². The minimum atomic E-state index is -0.0637. The van der Waals surface area contributed by atoms with E-state index < -0.39 is 0 Å². The Hall–Kier alpha value is -2.93. The predicted molar refractivity (Wildman–Crippen MR) is 114 cm³/mol. The van der Waals surface area contributed by atoms with Gasteiger partial charge in [0.1, 0.15) is 5.75 Å². The zero-order valence-corrected chi connectivity index (χ0v) is 17.7. The van der Waals surface area contributed by atoms with Gasteiger partial charge in [0, 0.05) is 48.9 Å². The fourth-order valence-electron chi connectivity index (χ4n) is 4.26. The number of methoxy groups -OCH3 is 3. The highest BCUT2D eigenvalue weighted by molar-refractivity contribution is 5.95. The lowest BCUT2D eigenvalue weighted by molar-refractivity contribution is 0.0441.